The number of amides is 2. The van der Waals surface area contributed by atoms with E-state index in [2.05, 4.69) is 15.6 Å². The molecule has 1 aromatic carbocycles. The summed E-state index contributed by atoms with van der Waals surface area (Å²) in [6, 6.07) is 7.57. The zero-order chi connectivity index (χ0) is 15.1. The smallest absolute Gasteiger partial charge is 0.226 e. The second-order valence-corrected chi connectivity index (χ2v) is 5.88. The van der Waals surface area contributed by atoms with Crippen LogP contribution in [0.2, 0.25) is 0 Å². The topological polar surface area (TPSA) is 71.1 Å². The highest BCUT2D eigenvalue weighted by Gasteiger charge is 2.10. The van der Waals surface area contributed by atoms with Gasteiger partial charge in [-0.1, -0.05) is 12.1 Å². The predicted octanol–water partition coefficient (Wildman–Crippen LogP) is 3.22. The Balaban J connectivity index is 1.80. The van der Waals surface area contributed by atoms with E-state index in [1.54, 1.807) is 23.3 Å². The molecule has 2 N–H and O–H groups in total. The van der Waals surface area contributed by atoms with Crippen LogP contribution in [0.25, 0.3) is 0 Å². The van der Waals surface area contributed by atoms with E-state index < -0.39 is 0 Å². The molecule has 2 aromatic rings. The molecular formula is C14H15N3O2S2. The fourth-order valence-electron chi connectivity index (χ4n) is 1.65. The number of para-hydroxylation sites is 1. The van der Waals surface area contributed by atoms with E-state index in [0.717, 1.165) is 10.6 Å². The number of carbonyl (C=O) groups is 2. The highest BCUT2D eigenvalue weighted by atomic mass is 32.2. The normalized spacial score (nSPS) is 10.1. The Morgan fingerprint density at radius 1 is 1.19 bits per heavy atom. The van der Waals surface area contributed by atoms with Gasteiger partial charge < -0.3 is 10.6 Å². The Morgan fingerprint density at radius 3 is 2.57 bits per heavy atom. The summed E-state index contributed by atoms with van der Waals surface area (Å²) in [7, 11) is 0. The minimum Gasteiger partial charge on any atom is -0.325 e. The Morgan fingerprint density at radius 2 is 1.90 bits per heavy atom. The molecule has 2 rings (SSSR count). The molecule has 2 amide bonds. The first-order chi connectivity index (χ1) is 10.2. The fourth-order valence-corrected chi connectivity index (χ4v) is 2.75. The van der Waals surface area contributed by atoms with Crippen LogP contribution in [0.3, 0.4) is 0 Å². The van der Waals surface area contributed by atoms with Gasteiger partial charge in [-0.3, -0.25) is 9.59 Å². The van der Waals surface area contributed by atoms with Crippen molar-refractivity contribution in [3.8, 4) is 0 Å². The maximum Gasteiger partial charge on any atom is 0.226 e. The number of nitrogens with zero attached hydrogens (tertiary/aromatic N) is 1. The molecule has 0 saturated carbocycles. The van der Waals surface area contributed by atoms with Gasteiger partial charge >= 0.3 is 0 Å². The van der Waals surface area contributed by atoms with Crippen LogP contribution in [0.4, 0.5) is 10.8 Å². The maximum absolute atomic E-state index is 11.9. The maximum atomic E-state index is 11.9. The van der Waals surface area contributed by atoms with Crippen molar-refractivity contribution in [1.29, 1.82) is 0 Å². The van der Waals surface area contributed by atoms with Crippen molar-refractivity contribution in [3.63, 3.8) is 0 Å². The second-order valence-electron chi connectivity index (χ2n) is 4.13. The third-order valence-electron chi connectivity index (χ3n) is 2.64. The van der Waals surface area contributed by atoms with E-state index in [-0.39, 0.29) is 24.7 Å². The number of hydrogen-bond donors (Lipinski definition) is 2. The van der Waals surface area contributed by atoms with E-state index in [9.17, 15) is 9.59 Å². The number of anilines is 2. The van der Waals surface area contributed by atoms with Gasteiger partial charge in [0.2, 0.25) is 11.8 Å². The lowest BCUT2D eigenvalue weighted by molar-refractivity contribution is -0.121. The number of carbonyl (C=O) groups excluding carboxylic acids is 2. The first-order valence-corrected chi connectivity index (χ1v) is 8.41. The van der Waals surface area contributed by atoms with Crippen molar-refractivity contribution in [2.75, 3.05) is 16.9 Å². The molecule has 110 valence electrons. The molecule has 0 aliphatic heterocycles. The van der Waals surface area contributed by atoms with Gasteiger partial charge in [-0.15, -0.1) is 23.1 Å². The third-order valence-corrected chi connectivity index (χ3v) is 4.12. The predicted molar refractivity (Wildman–Crippen MR) is 86.8 cm³/mol. The zero-order valence-corrected chi connectivity index (χ0v) is 13.1. The minimum absolute atomic E-state index is 0.132. The van der Waals surface area contributed by atoms with Crippen molar-refractivity contribution < 1.29 is 9.59 Å². The molecule has 7 heteroatoms. The average molecular weight is 321 g/mol. The number of benzene rings is 1. The van der Waals surface area contributed by atoms with E-state index >= 15 is 0 Å². The van der Waals surface area contributed by atoms with Crippen molar-refractivity contribution in [2.24, 2.45) is 0 Å². The van der Waals surface area contributed by atoms with Gasteiger partial charge in [0.05, 0.1) is 5.69 Å². The molecule has 0 atom stereocenters. The molecule has 0 bridgehead atoms. The van der Waals surface area contributed by atoms with Crippen molar-refractivity contribution in [1.82, 2.24) is 4.98 Å². The molecule has 1 heterocycles. The summed E-state index contributed by atoms with van der Waals surface area (Å²) in [6.45, 7) is 0. The standard InChI is InChI=1S/C14H15N3O2S2/c1-20-11-5-3-2-4-10(11)16-12(18)6-7-13(19)17-14-15-8-9-21-14/h2-5,8-9H,6-7H2,1H3,(H,16,18)(H,15,17,19). The van der Waals surface area contributed by atoms with E-state index in [4.69, 9.17) is 0 Å². The average Bonchev–Trinajstić information content (AvgIpc) is 2.98. The number of nitrogens with one attached hydrogen (secondary N) is 2. The summed E-state index contributed by atoms with van der Waals surface area (Å²) in [6.07, 6.45) is 3.84. The third kappa shape index (κ3) is 4.87. The Bertz CT molecular complexity index is 614. The highest BCUT2D eigenvalue weighted by molar-refractivity contribution is 7.98. The van der Waals surface area contributed by atoms with E-state index in [1.165, 1.54) is 11.3 Å². The SMILES string of the molecule is CSc1ccccc1NC(=O)CCC(=O)Nc1nccs1. The lowest BCUT2D eigenvalue weighted by atomic mass is 10.2. The summed E-state index contributed by atoms with van der Waals surface area (Å²) < 4.78 is 0. The summed E-state index contributed by atoms with van der Waals surface area (Å²) in [5.41, 5.74) is 0.773. The van der Waals surface area contributed by atoms with Gasteiger partial charge in [-0.2, -0.15) is 0 Å². The van der Waals surface area contributed by atoms with E-state index in [1.807, 2.05) is 30.5 Å². The number of thiazole rings is 1. The van der Waals surface area contributed by atoms with Gasteiger partial charge in [-0.25, -0.2) is 4.98 Å². The van der Waals surface area contributed by atoms with Gasteiger partial charge in [0.15, 0.2) is 5.13 Å². The lowest BCUT2D eigenvalue weighted by Gasteiger charge is -2.08. The van der Waals surface area contributed by atoms with Crippen LogP contribution >= 0.6 is 23.1 Å². The van der Waals surface area contributed by atoms with Crippen LogP contribution in [0, 0.1) is 0 Å². The van der Waals surface area contributed by atoms with Gasteiger partial charge in [0.25, 0.3) is 0 Å². The van der Waals surface area contributed by atoms with Crippen LogP contribution in [-0.2, 0) is 9.59 Å². The first-order valence-electron chi connectivity index (χ1n) is 6.31. The first kappa shape index (κ1) is 15.5. The number of thioether (sulfide) groups is 1. The Kier molecular flexibility index (Phi) is 5.77. The summed E-state index contributed by atoms with van der Waals surface area (Å²) in [4.78, 5) is 28.5. The fraction of sp³-hybridized carbons (Fsp3) is 0.214. The molecule has 1 aromatic heterocycles. The molecule has 0 saturated heterocycles. The van der Waals surface area contributed by atoms with Crippen LogP contribution in [0.15, 0.2) is 40.7 Å². The molecular weight excluding hydrogens is 306 g/mol. The second kappa shape index (κ2) is 7.80. The summed E-state index contributed by atoms with van der Waals surface area (Å²) in [5, 5.41) is 7.80. The van der Waals surface area contributed by atoms with Crippen LogP contribution in [0.5, 0.6) is 0 Å². The molecule has 5 nitrogen and oxygen atoms in total. The Hall–Kier alpha value is -1.86. The quantitative estimate of drug-likeness (QED) is 0.801. The molecule has 0 aliphatic rings. The van der Waals surface area contributed by atoms with Gasteiger partial charge in [0.1, 0.15) is 0 Å². The molecule has 0 aliphatic carbocycles. The minimum atomic E-state index is -0.210. The Labute approximate surface area is 131 Å². The number of rotatable bonds is 6. The monoisotopic (exact) mass is 321 g/mol. The van der Waals surface area contributed by atoms with Crippen LogP contribution in [0.1, 0.15) is 12.8 Å². The number of hydrogen-bond acceptors (Lipinski definition) is 5. The van der Waals surface area contributed by atoms with Crippen LogP contribution < -0.4 is 10.6 Å². The highest BCUT2D eigenvalue weighted by Crippen LogP contribution is 2.24. The zero-order valence-electron chi connectivity index (χ0n) is 11.5. The largest absolute Gasteiger partial charge is 0.325 e. The van der Waals surface area contributed by atoms with Crippen molar-refractivity contribution in [2.45, 2.75) is 17.7 Å². The van der Waals surface area contributed by atoms with Crippen molar-refractivity contribution >= 4 is 45.7 Å². The summed E-state index contributed by atoms with van der Waals surface area (Å²) in [5.74, 6) is -0.385. The summed E-state index contributed by atoms with van der Waals surface area (Å²) >= 11 is 2.91. The lowest BCUT2D eigenvalue weighted by Crippen LogP contribution is -2.17. The van der Waals surface area contributed by atoms with Gasteiger partial charge in [-0.05, 0) is 18.4 Å². The molecule has 0 unspecified atom stereocenters. The molecule has 0 spiro atoms. The van der Waals surface area contributed by atoms with E-state index in [0.29, 0.717) is 5.13 Å². The number of aromatic nitrogens is 1. The molecule has 0 fully saturated rings. The van der Waals surface area contributed by atoms with Crippen LogP contribution in [-0.4, -0.2) is 23.1 Å². The molecule has 0 radical (unpaired) electrons. The molecule has 21 heavy (non-hydrogen) atoms. The van der Waals surface area contributed by atoms with Crippen molar-refractivity contribution in [3.05, 3.63) is 35.8 Å². The van der Waals surface area contributed by atoms with Gasteiger partial charge in [0, 0.05) is 29.3 Å².